The summed E-state index contributed by atoms with van der Waals surface area (Å²) in [6.45, 7) is 4.70. The van der Waals surface area contributed by atoms with Gasteiger partial charge in [0.05, 0.1) is 11.6 Å². The number of rotatable bonds is 2. The van der Waals surface area contributed by atoms with Crippen LogP contribution in [0.4, 0.5) is 4.39 Å². The third-order valence-electron chi connectivity index (χ3n) is 2.60. The zero-order chi connectivity index (χ0) is 11.7. The van der Waals surface area contributed by atoms with Gasteiger partial charge in [-0.15, -0.1) is 0 Å². The van der Waals surface area contributed by atoms with Gasteiger partial charge < -0.3 is 4.74 Å². The molecule has 0 N–H and O–H groups in total. The van der Waals surface area contributed by atoms with E-state index in [9.17, 15) is 4.39 Å². The van der Waals surface area contributed by atoms with Crippen LogP contribution in [0.25, 0.3) is 0 Å². The van der Waals surface area contributed by atoms with Crippen molar-refractivity contribution in [2.24, 2.45) is 10.9 Å². The summed E-state index contributed by atoms with van der Waals surface area (Å²) in [5, 5.41) is 0. The van der Waals surface area contributed by atoms with Crippen LogP contribution in [0.15, 0.2) is 27.7 Å². The van der Waals surface area contributed by atoms with Crippen LogP contribution in [-0.2, 0) is 4.74 Å². The quantitative estimate of drug-likeness (QED) is 0.816. The molecule has 1 aromatic carbocycles. The second kappa shape index (κ2) is 4.53. The minimum absolute atomic E-state index is 0.133. The lowest BCUT2D eigenvalue weighted by molar-refractivity contribution is 0.291. The van der Waals surface area contributed by atoms with Gasteiger partial charge in [0.1, 0.15) is 12.4 Å². The third-order valence-corrected chi connectivity index (χ3v) is 3.10. The zero-order valence-corrected chi connectivity index (χ0v) is 10.8. The van der Waals surface area contributed by atoms with Gasteiger partial charge in [-0.3, -0.25) is 0 Å². The van der Waals surface area contributed by atoms with Crippen LogP contribution in [0.3, 0.4) is 0 Å². The highest BCUT2D eigenvalue weighted by Crippen LogP contribution is 2.22. The largest absolute Gasteiger partial charge is 0.475 e. The molecule has 0 saturated heterocycles. The fourth-order valence-corrected chi connectivity index (χ4v) is 1.90. The van der Waals surface area contributed by atoms with Crippen molar-refractivity contribution in [1.82, 2.24) is 0 Å². The van der Waals surface area contributed by atoms with Gasteiger partial charge in [0.2, 0.25) is 5.90 Å². The molecule has 0 spiro atoms. The molecule has 1 atom stereocenters. The van der Waals surface area contributed by atoms with Crippen molar-refractivity contribution >= 4 is 21.8 Å². The predicted octanol–water partition coefficient (Wildman–Crippen LogP) is 3.39. The standard InChI is InChI=1S/C12H13BrFNO/c1-7(2)11-6-16-12(15-11)9-5-8(13)3-4-10(9)14/h3-5,7,11H,6H2,1-2H3/t11-/m1/s1. The van der Waals surface area contributed by atoms with Gasteiger partial charge in [-0.25, -0.2) is 9.38 Å². The minimum Gasteiger partial charge on any atom is -0.475 e. The monoisotopic (exact) mass is 285 g/mol. The van der Waals surface area contributed by atoms with Gasteiger partial charge in [-0.05, 0) is 24.1 Å². The Bertz CT molecular complexity index is 431. The van der Waals surface area contributed by atoms with Crippen molar-refractivity contribution in [3.8, 4) is 0 Å². The SMILES string of the molecule is CC(C)[C@H]1COC(c2cc(Br)ccc2F)=N1. The number of halogens is 2. The Morgan fingerprint density at radius 2 is 2.25 bits per heavy atom. The first-order chi connectivity index (χ1) is 7.58. The first-order valence-electron chi connectivity index (χ1n) is 5.24. The van der Waals surface area contributed by atoms with E-state index < -0.39 is 0 Å². The molecule has 2 nitrogen and oxygen atoms in total. The lowest BCUT2D eigenvalue weighted by Crippen LogP contribution is -2.13. The van der Waals surface area contributed by atoms with E-state index in [4.69, 9.17) is 4.74 Å². The summed E-state index contributed by atoms with van der Waals surface area (Å²) in [5.41, 5.74) is 0.428. The Morgan fingerprint density at radius 3 is 2.88 bits per heavy atom. The molecule has 1 heterocycles. The second-order valence-electron chi connectivity index (χ2n) is 4.18. The number of ether oxygens (including phenoxy) is 1. The van der Waals surface area contributed by atoms with Crippen LogP contribution in [0.1, 0.15) is 19.4 Å². The smallest absolute Gasteiger partial charge is 0.219 e. The molecule has 0 aromatic heterocycles. The summed E-state index contributed by atoms with van der Waals surface area (Å²) >= 11 is 3.31. The fourth-order valence-electron chi connectivity index (χ4n) is 1.54. The van der Waals surface area contributed by atoms with Crippen LogP contribution >= 0.6 is 15.9 Å². The summed E-state index contributed by atoms with van der Waals surface area (Å²) in [6.07, 6.45) is 0. The molecule has 4 heteroatoms. The Balaban J connectivity index is 2.32. The lowest BCUT2D eigenvalue weighted by Gasteiger charge is -2.06. The molecule has 0 bridgehead atoms. The van der Waals surface area contributed by atoms with E-state index in [-0.39, 0.29) is 11.9 Å². The Morgan fingerprint density at radius 1 is 1.50 bits per heavy atom. The predicted molar refractivity (Wildman–Crippen MR) is 65.2 cm³/mol. The fraction of sp³-hybridized carbons (Fsp3) is 0.417. The summed E-state index contributed by atoms with van der Waals surface area (Å²) in [7, 11) is 0. The van der Waals surface area contributed by atoms with Gasteiger partial charge >= 0.3 is 0 Å². The van der Waals surface area contributed by atoms with E-state index >= 15 is 0 Å². The summed E-state index contributed by atoms with van der Waals surface area (Å²) in [5.74, 6) is 0.525. The van der Waals surface area contributed by atoms with Crippen molar-refractivity contribution in [2.45, 2.75) is 19.9 Å². The number of hydrogen-bond donors (Lipinski definition) is 0. The van der Waals surface area contributed by atoms with Crippen LogP contribution < -0.4 is 0 Å². The highest BCUT2D eigenvalue weighted by Gasteiger charge is 2.24. The number of aliphatic imine (C=N–C) groups is 1. The van der Waals surface area contributed by atoms with Crippen LogP contribution in [0.5, 0.6) is 0 Å². The Kier molecular flexibility index (Phi) is 3.28. The first-order valence-corrected chi connectivity index (χ1v) is 6.03. The number of hydrogen-bond acceptors (Lipinski definition) is 2. The van der Waals surface area contributed by atoms with Gasteiger partial charge in [0.15, 0.2) is 0 Å². The van der Waals surface area contributed by atoms with E-state index in [0.717, 1.165) is 4.47 Å². The maximum atomic E-state index is 13.6. The molecule has 2 rings (SSSR count). The summed E-state index contributed by atoms with van der Waals surface area (Å²) < 4.78 is 19.8. The van der Waals surface area contributed by atoms with Gasteiger partial charge in [0.25, 0.3) is 0 Å². The maximum absolute atomic E-state index is 13.6. The second-order valence-corrected chi connectivity index (χ2v) is 5.10. The summed E-state index contributed by atoms with van der Waals surface area (Å²) in [6, 6.07) is 4.90. The Hall–Kier alpha value is -0.900. The first kappa shape index (κ1) is 11.6. The average Bonchev–Trinajstić information content (AvgIpc) is 2.70. The van der Waals surface area contributed by atoms with Gasteiger partial charge in [-0.2, -0.15) is 0 Å². The van der Waals surface area contributed by atoms with E-state index in [1.165, 1.54) is 6.07 Å². The molecule has 0 fully saturated rings. The van der Waals surface area contributed by atoms with E-state index in [0.29, 0.717) is 24.0 Å². The Labute approximate surface area is 103 Å². The molecule has 86 valence electrons. The normalized spacial score (nSPS) is 19.8. The summed E-state index contributed by atoms with van der Waals surface area (Å²) in [4.78, 5) is 4.39. The highest BCUT2D eigenvalue weighted by molar-refractivity contribution is 9.10. The van der Waals surface area contributed by atoms with Crippen LogP contribution in [-0.4, -0.2) is 18.5 Å². The molecule has 16 heavy (non-hydrogen) atoms. The zero-order valence-electron chi connectivity index (χ0n) is 9.21. The molecular weight excluding hydrogens is 273 g/mol. The molecule has 0 aliphatic carbocycles. The van der Waals surface area contributed by atoms with E-state index in [2.05, 4.69) is 34.8 Å². The maximum Gasteiger partial charge on any atom is 0.219 e. The molecular formula is C12H13BrFNO. The topological polar surface area (TPSA) is 21.6 Å². The molecule has 0 saturated carbocycles. The van der Waals surface area contributed by atoms with Crippen molar-refractivity contribution < 1.29 is 9.13 Å². The number of benzene rings is 1. The van der Waals surface area contributed by atoms with Crippen molar-refractivity contribution in [1.29, 1.82) is 0 Å². The minimum atomic E-state index is -0.300. The molecule has 0 radical (unpaired) electrons. The van der Waals surface area contributed by atoms with E-state index in [1.54, 1.807) is 12.1 Å². The van der Waals surface area contributed by atoms with Crippen molar-refractivity contribution in [3.63, 3.8) is 0 Å². The van der Waals surface area contributed by atoms with Crippen molar-refractivity contribution in [3.05, 3.63) is 34.1 Å². The molecule has 1 aliphatic rings. The lowest BCUT2D eigenvalue weighted by atomic mass is 10.1. The third kappa shape index (κ3) is 2.26. The van der Waals surface area contributed by atoms with Crippen LogP contribution in [0.2, 0.25) is 0 Å². The van der Waals surface area contributed by atoms with Crippen LogP contribution in [0, 0.1) is 11.7 Å². The number of nitrogens with zero attached hydrogens (tertiary/aromatic N) is 1. The van der Waals surface area contributed by atoms with Crippen molar-refractivity contribution in [2.75, 3.05) is 6.61 Å². The average molecular weight is 286 g/mol. The molecule has 0 amide bonds. The van der Waals surface area contributed by atoms with Gasteiger partial charge in [0, 0.05) is 4.47 Å². The van der Waals surface area contributed by atoms with E-state index in [1.807, 2.05) is 0 Å². The molecule has 1 aromatic rings. The molecule has 0 unspecified atom stereocenters. The highest BCUT2D eigenvalue weighted by atomic mass is 79.9. The molecule has 1 aliphatic heterocycles. The van der Waals surface area contributed by atoms with Gasteiger partial charge in [-0.1, -0.05) is 29.8 Å².